The van der Waals surface area contributed by atoms with Gasteiger partial charge in [-0.3, -0.25) is 4.79 Å². The van der Waals surface area contributed by atoms with Gasteiger partial charge in [-0.2, -0.15) is 0 Å². The summed E-state index contributed by atoms with van der Waals surface area (Å²) >= 11 is 0. The molecule has 0 saturated carbocycles. The fraction of sp³-hybridized carbons (Fsp3) is 0.417. The van der Waals surface area contributed by atoms with Crippen LogP contribution in [-0.2, 0) is 9.53 Å². The lowest BCUT2D eigenvalue weighted by Crippen LogP contribution is -2.33. The maximum absolute atomic E-state index is 11.1. The van der Waals surface area contributed by atoms with E-state index in [1.54, 1.807) is 0 Å². The van der Waals surface area contributed by atoms with Crippen LogP contribution in [0.5, 0.6) is 0 Å². The van der Waals surface area contributed by atoms with Gasteiger partial charge in [-0.1, -0.05) is 29.8 Å². The molecule has 0 spiro atoms. The number of hydrogen-bond donors (Lipinski definition) is 2. The molecule has 2 unspecified atom stereocenters. The summed E-state index contributed by atoms with van der Waals surface area (Å²) in [7, 11) is 1.28. The SMILES string of the molecule is COC(=O)C(N)CC(O)c1cccc(C)c1. The highest BCUT2D eigenvalue weighted by molar-refractivity contribution is 5.75. The van der Waals surface area contributed by atoms with Crippen LogP contribution >= 0.6 is 0 Å². The van der Waals surface area contributed by atoms with E-state index in [4.69, 9.17) is 5.73 Å². The molecule has 0 bridgehead atoms. The Morgan fingerprint density at radius 3 is 2.81 bits per heavy atom. The summed E-state index contributed by atoms with van der Waals surface area (Å²) in [4.78, 5) is 11.1. The Morgan fingerprint density at radius 1 is 1.56 bits per heavy atom. The van der Waals surface area contributed by atoms with Crippen LogP contribution in [0.4, 0.5) is 0 Å². The van der Waals surface area contributed by atoms with Crippen LogP contribution in [0.1, 0.15) is 23.7 Å². The molecule has 1 aromatic carbocycles. The molecule has 0 amide bonds. The second kappa shape index (κ2) is 5.63. The second-order valence-electron chi connectivity index (χ2n) is 3.80. The number of nitrogens with two attached hydrogens (primary N) is 1. The number of ether oxygens (including phenoxy) is 1. The summed E-state index contributed by atoms with van der Waals surface area (Å²) in [5, 5.41) is 9.87. The first kappa shape index (κ1) is 12.7. The van der Waals surface area contributed by atoms with Crippen molar-refractivity contribution in [3.05, 3.63) is 35.4 Å². The minimum atomic E-state index is -0.791. The van der Waals surface area contributed by atoms with E-state index in [0.29, 0.717) is 0 Å². The number of esters is 1. The quantitative estimate of drug-likeness (QED) is 0.744. The van der Waals surface area contributed by atoms with Gasteiger partial charge in [0.25, 0.3) is 0 Å². The van der Waals surface area contributed by atoms with Crippen LogP contribution in [0.25, 0.3) is 0 Å². The van der Waals surface area contributed by atoms with Gasteiger partial charge < -0.3 is 15.6 Å². The molecule has 0 aliphatic heterocycles. The van der Waals surface area contributed by atoms with Crippen molar-refractivity contribution < 1.29 is 14.6 Å². The molecular formula is C12H17NO3. The van der Waals surface area contributed by atoms with Crippen LogP contribution in [0, 0.1) is 6.92 Å². The molecule has 4 nitrogen and oxygen atoms in total. The number of carbonyl (C=O) groups excluding carboxylic acids is 1. The van der Waals surface area contributed by atoms with E-state index in [0.717, 1.165) is 11.1 Å². The summed E-state index contributed by atoms with van der Waals surface area (Å²) in [5.41, 5.74) is 7.39. The lowest BCUT2D eigenvalue weighted by atomic mass is 10.0. The Morgan fingerprint density at radius 2 is 2.25 bits per heavy atom. The summed E-state index contributed by atoms with van der Waals surface area (Å²) < 4.78 is 4.50. The monoisotopic (exact) mass is 223 g/mol. The van der Waals surface area contributed by atoms with Gasteiger partial charge in [-0.05, 0) is 12.5 Å². The first-order chi connectivity index (χ1) is 7.54. The maximum atomic E-state index is 11.1. The van der Waals surface area contributed by atoms with Gasteiger partial charge in [0.05, 0.1) is 13.2 Å². The van der Waals surface area contributed by atoms with Crippen molar-refractivity contribution in [1.29, 1.82) is 0 Å². The number of hydrogen-bond acceptors (Lipinski definition) is 4. The minimum absolute atomic E-state index is 0.163. The molecule has 1 aromatic rings. The summed E-state index contributed by atoms with van der Waals surface area (Å²) in [6.07, 6.45) is -0.579. The fourth-order valence-corrected chi connectivity index (χ4v) is 1.50. The highest BCUT2D eigenvalue weighted by Crippen LogP contribution is 2.18. The molecule has 0 fully saturated rings. The lowest BCUT2D eigenvalue weighted by molar-refractivity contribution is -0.142. The molecule has 3 N–H and O–H groups in total. The molecule has 0 radical (unpaired) electrons. The van der Waals surface area contributed by atoms with E-state index < -0.39 is 18.1 Å². The van der Waals surface area contributed by atoms with Crippen LogP contribution in [0.2, 0.25) is 0 Å². The van der Waals surface area contributed by atoms with Gasteiger partial charge in [-0.25, -0.2) is 0 Å². The molecule has 0 aromatic heterocycles. The van der Waals surface area contributed by atoms with Crippen LogP contribution in [0.3, 0.4) is 0 Å². The predicted octanol–water partition coefficient (Wildman–Crippen LogP) is 0.919. The minimum Gasteiger partial charge on any atom is -0.468 e. The Bertz CT molecular complexity index is 365. The van der Waals surface area contributed by atoms with Crippen LogP contribution in [-0.4, -0.2) is 24.2 Å². The Labute approximate surface area is 95.0 Å². The Kier molecular flexibility index (Phi) is 4.46. The zero-order valence-electron chi connectivity index (χ0n) is 9.51. The number of methoxy groups -OCH3 is 1. The molecule has 0 saturated heterocycles. The number of benzene rings is 1. The van der Waals surface area contributed by atoms with Gasteiger partial charge in [0.15, 0.2) is 0 Å². The third-order valence-corrected chi connectivity index (χ3v) is 2.41. The van der Waals surface area contributed by atoms with Crippen LogP contribution in [0.15, 0.2) is 24.3 Å². The van der Waals surface area contributed by atoms with Gasteiger partial charge >= 0.3 is 5.97 Å². The predicted molar refractivity (Wildman–Crippen MR) is 60.7 cm³/mol. The largest absolute Gasteiger partial charge is 0.468 e. The molecule has 16 heavy (non-hydrogen) atoms. The molecule has 0 aliphatic rings. The van der Waals surface area contributed by atoms with Gasteiger partial charge in [0, 0.05) is 6.42 Å². The molecule has 88 valence electrons. The highest BCUT2D eigenvalue weighted by Gasteiger charge is 2.19. The van der Waals surface area contributed by atoms with E-state index in [2.05, 4.69) is 4.74 Å². The number of rotatable bonds is 4. The van der Waals surface area contributed by atoms with E-state index >= 15 is 0 Å². The van der Waals surface area contributed by atoms with Crippen molar-refractivity contribution in [3.63, 3.8) is 0 Å². The number of carbonyl (C=O) groups is 1. The zero-order valence-corrected chi connectivity index (χ0v) is 9.51. The van der Waals surface area contributed by atoms with Gasteiger partial charge in [-0.15, -0.1) is 0 Å². The summed E-state index contributed by atoms with van der Waals surface area (Å²) in [5.74, 6) is -0.508. The topological polar surface area (TPSA) is 72.5 Å². The van der Waals surface area contributed by atoms with Crippen molar-refractivity contribution in [2.75, 3.05) is 7.11 Å². The molecule has 0 heterocycles. The van der Waals surface area contributed by atoms with Crippen molar-refractivity contribution >= 4 is 5.97 Å². The average molecular weight is 223 g/mol. The molecule has 2 atom stereocenters. The van der Waals surface area contributed by atoms with Gasteiger partial charge in [0.1, 0.15) is 6.04 Å². The van der Waals surface area contributed by atoms with E-state index in [1.807, 2.05) is 31.2 Å². The number of aryl methyl sites for hydroxylation is 1. The zero-order chi connectivity index (χ0) is 12.1. The first-order valence-electron chi connectivity index (χ1n) is 5.12. The van der Waals surface area contributed by atoms with E-state index in [1.165, 1.54) is 7.11 Å². The number of aliphatic hydroxyl groups is 1. The van der Waals surface area contributed by atoms with Crippen LogP contribution < -0.4 is 5.73 Å². The molecular weight excluding hydrogens is 206 g/mol. The normalized spacial score (nSPS) is 14.2. The highest BCUT2D eigenvalue weighted by atomic mass is 16.5. The smallest absolute Gasteiger partial charge is 0.322 e. The number of aliphatic hydroxyl groups excluding tert-OH is 1. The van der Waals surface area contributed by atoms with Crippen molar-refractivity contribution in [2.24, 2.45) is 5.73 Å². The second-order valence-corrected chi connectivity index (χ2v) is 3.80. The van der Waals surface area contributed by atoms with Crippen molar-refractivity contribution in [1.82, 2.24) is 0 Å². The molecule has 1 rings (SSSR count). The summed E-state index contributed by atoms with van der Waals surface area (Å²) in [6, 6.07) is 6.69. The average Bonchev–Trinajstić information content (AvgIpc) is 2.27. The lowest BCUT2D eigenvalue weighted by Gasteiger charge is -2.15. The fourth-order valence-electron chi connectivity index (χ4n) is 1.50. The van der Waals surface area contributed by atoms with Crippen molar-refractivity contribution in [2.45, 2.75) is 25.5 Å². The van der Waals surface area contributed by atoms with Gasteiger partial charge in [0.2, 0.25) is 0 Å². The van der Waals surface area contributed by atoms with E-state index in [-0.39, 0.29) is 6.42 Å². The standard InChI is InChI=1S/C12H17NO3/c1-8-4-3-5-9(6-8)11(14)7-10(13)12(15)16-2/h3-6,10-11,14H,7,13H2,1-2H3. The molecule has 0 aliphatic carbocycles. The van der Waals surface area contributed by atoms with Crippen molar-refractivity contribution in [3.8, 4) is 0 Å². The third kappa shape index (κ3) is 3.32. The third-order valence-electron chi connectivity index (χ3n) is 2.41. The summed E-state index contributed by atoms with van der Waals surface area (Å²) in [6.45, 7) is 1.94. The first-order valence-corrected chi connectivity index (χ1v) is 5.12. The Balaban J connectivity index is 2.65. The Hall–Kier alpha value is -1.39. The maximum Gasteiger partial charge on any atom is 0.322 e. The molecule has 4 heteroatoms. The van der Waals surface area contributed by atoms with E-state index in [9.17, 15) is 9.90 Å².